The van der Waals surface area contributed by atoms with Gasteiger partial charge in [-0.25, -0.2) is 4.39 Å². The predicted molar refractivity (Wildman–Crippen MR) is 51.1 cm³/mol. The largest absolute Gasteiger partial charge is 0.396 e. The van der Waals surface area contributed by atoms with Crippen LogP contribution in [0.25, 0.3) is 10.9 Å². The number of rotatable bonds is 0. The van der Waals surface area contributed by atoms with Crippen molar-refractivity contribution in [3.63, 3.8) is 0 Å². The molecule has 1 heterocycles. The summed E-state index contributed by atoms with van der Waals surface area (Å²) in [6.07, 6.45) is 1.46. The molecule has 2 aromatic rings. The molecule has 1 aromatic heterocycles. The van der Waals surface area contributed by atoms with Gasteiger partial charge in [0.25, 0.3) is 0 Å². The molecule has 0 spiro atoms. The first-order chi connectivity index (χ1) is 6.18. The summed E-state index contributed by atoms with van der Waals surface area (Å²) in [4.78, 5) is 4.01. The van der Waals surface area contributed by atoms with E-state index in [1.165, 1.54) is 18.3 Å². The molecule has 2 N–H and O–H groups in total. The van der Waals surface area contributed by atoms with Gasteiger partial charge < -0.3 is 5.73 Å². The topological polar surface area (TPSA) is 38.9 Å². The lowest BCUT2D eigenvalue weighted by atomic mass is 10.2. The van der Waals surface area contributed by atoms with Crippen LogP contribution in [0.5, 0.6) is 0 Å². The second kappa shape index (κ2) is 2.85. The minimum absolute atomic E-state index is 0.346. The van der Waals surface area contributed by atoms with Crippen LogP contribution in [0.3, 0.4) is 0 Å². The number of nitrogens with zero attached hydrogens (tertiary/aromatic N) is 1. The summed E-state index contributed by atoms with van der Waals surface area (Å²) in [6, 6.07) is 4.22. The Morgan fingerprint density at radius 3 is 2.92 bits per heavy atom. The Labute approximate surface area is 79.1 Å². The van der Waals surface area contributed by atoms with Crippen LogP contribution < -0.4 is 5.73 Å². The highest BCUT2D eigenvalue weighted by atomic mass is 35.5. The molecule has 0 fully saturated rings. The van der Waals surface area contributed by atoms with E-state index in [0.717, 1.165) is 0 Å². The van der Waals surface area contributed by atoms with Crippen LogP contribution in [0.1, 0.15) is 0 Å². The van der Waals surface area contributed by atoms with Crippen molar-refractivity contribution in [2.75, 3.05) is 5.73 Å². The highest BCUT2D eigenvalue weighted by molar-refractivity contribution is 6.37. The molecule has 0 aliphatic carbocycles. The van der Waals surface area contributed by atoms with Gasteiger partial charge in [0.1, 0.15) is 5.82 Å². The highest BCUT2D eigenvalue weighted by Gasteiger charge is 2.04. The Bertz CT molecular complexity index is 465. The van der Waals surface area contributed by atoms with E-state index in [-0.39, 0.29) is 5.82 Å². The molecule has 0 saturated carbocycles. The van der Waals surface area contributed by atoms with Gasteiger partial charge in [-0.2, -0.15) is 0 Å². The van der Waals surface area contributed by atoms with Gasteiger partial charge in [-0.3, -0.25) is 4.98 Å². The monoisotopic (exact) mass is 196 g/mol. The van der Waals surface area contributed by atoms with Crippen LogP contribution in [0.15, 0.2) is 24.4 Å². The van der Waals surface area contributed by atoms with Crippen molar-refractivity contribution in [2.24, 2.45) is 0 Å². The van der Waals surface area contributed by atoms with Gasteiger partial charge in [-0.15, -0.1) is 0 Å². The van der Waals surface area contributed by atoms with E-state index in [0.29, 0.717) is 21.6 Å². The van der Waals surface area contributed by atoms with Crippen molar-refractivity contribution in [1.29, 1.82) is 0 Å². The van der Waals surface area contributed by atoms with Crippen molar-refractivity contribution >= 4 is 28.2 Å². The van der Waals surface area contributed by atoms with E-state index in [4.69, 9.17) is 17.3 Å². The summed E-state index contributed by atoms with van der Waals surface area (Å²) in [5, 5.41) is 0.895. The molecule has 0 aliphatic rings. The molecule has 66 valence electrons. The number of benzene rings is 1. The third-order valence-corrected chi connectivity index (χ3v) is 2.21. The third-order valence-electron chi connectivity index (χ3n) is 1.79. The molecule has 0 unspecified atom stereocenters. The molecule has 2 rings (SSSR count). The minimum atomic E-state index is -0.346. The summed E-state index contributed by atoms with van der Waals surface area (Å²) in [5.74, 6) is -0.346. The zero-order valence-electron chi connectivity index (χ0n) is 6.59. The molecule has 1 aromatic carbocycles. The zero-order chi connectivity index (χ0) is 9.42. The van der Waals surface area contributed by atoms with Crippen LogP contribution in [0.2, 0.25) is 5.02 Å². The SMILES string of the molecule is Nc1cnc2ccc(F)cc2c1Cl. The van der Waals surface area contributed by atoms with E-state index in [9.17, 15) is 4.39 Å². The van der Waals surface area contributed by atoms with Crippen LogP contribution in [0.4, 0.5) is 10.1 Å². The van der Waals surface area contributed by atoms with Crippen molar-refractivity contribution < 1.29 is 4.39 Å². The maximum absolute atomic E-state index is 12.8. The standard InChI is InChI=1S/C9H6ClFN2/c10-9-6-3-5(11)1-2-8(6)13-4-7(9)12/h1-4H,12H2. The number of fused-ring (bicyclic) bond motifs is 1. The smallest absolute Gasteiger partial charge is 0.124 e. The predicted octanol–water partition coefficient (Wildman–Crippen LogP) is 2.61. The number of nitrogens with two attached hydrogens (primary N) is 1. The van der Waals surface area contributed by atoms with Gasteiger partial charge in [0.05, 0.1) is 22.4 Å². The van der Waals surface area contributed by atoms with Gasteiger partial charge in [-0.1, -0.05) is 11.6 Å². The van der Waals surface area contributed by atoms with Crippen molar-refractivity contribution in [1.82, 2.24) is 4.98 Å². The molecule has 0 bridgehead atoms. The molecule has 0 saturated heterocycles. The van der Waals surface area contributed by atoms with E-state index in [1.807, 2.05) is 0 Å². The molecule has 2 nitrogen and oxygen atoms in total. The minimum Gasteiger partial charge on any atom is -0.396 e. The van der Waals surface area contributed by atoms with Gasteiger partial charge in [0, 0.05) is 5.39 Å². The van der Waals surface area contributed by atoms with Gasteiger partial charge in [-0.05, 0) is 18.2 Å². The lowest BCUT2D eigenvalue weighted by Crippen LogP contribution is -1.90. The molecular weight excluding hydrogens is 191 g/mol. The lowest BCUT2D eigenvalue weighted by molar-refractivity contribution is 0.629. The first-order valence-electron chi connectivity index (χ1n) is 3.68. The summed E-state index contributed by atoms with van der Waals surface area (Å²) in [6.45, 7) is 0. The highest BCUT2D eigenvalue weighted by Crippen LogP contribution is 2.27. The van der Waals surface area contributed by atoms with E-state index in [2.05, 4.69) is 4.98 Å². The first kappa shape index (κ1) is 8.26. The maximum atomic E-state index is 12.8. The second-order valence-electron chi connectivity index (χ2n) is 2.69. The molecule has 0 radical (unpaired) electrons. The summed E-state index contributed by atoms with van der Waals surface area (Å²) in [7, 11) is 0. The number of hydrogen-bond donors (Lipinski definition) is 1. The fourth-order valence-corrected chi connectivity index (χ4v) is 1.35. The fourth-order valence-electron chi connectivity index (χ4n) is 1.15. The van der Waals surface area contributed by atoms with Crippen LogP contribution in [-0.4, -0.2) is 4.98 Å². The Hall–Kier alpha value is -1.35. The number of pyridine rings is 1. The normalized spacial score (nSPS) is 10.6. The van der Waals surface area contributed by atoms with Crippen molar-refractivity contribution in [2.45, 2.75) is 0 Å². The number of aromatic nitrogens is 1. The van der Waals surface area contributed by atoms with E-state index < -0.39 is 0 Å². The third kappa shape index (κ3) is 1.31. The lowest BCUT2D eigenvalue weighted by Gasteiger charge is -2.02. The first-order valence-corrected chi connectivity index (χ1v) is 4.05. The number of nitrogen functional groups attached to an aromatic ring is 1. The maximum Gasteiger partial charge on any atom is 0.124 e. The van der Waals surface area contributed by atoms with Crippen LogP contribution >= 0.6 is 11.6 Å². The Kier molecular flexibility index (Phi) is 1.81. The van der Waals surface area contributed by atoms with Gasteiger partial charge in [0.15, 0.2) is 0 Å². The zero-order valence-corrected chi connectivity index (χ0v) is 7.35. The molecule has 13 heavy (non-hydrogen) atoms. The molecule has 0 aliphatic heterocycles. The van der Waals surface area contributed by atoms with Gasteiger partial charge in [0.2, 0.25) is 0 Å². The molecule has 0 amide bonds. The van der Waals surface area contributed by atoms with Crippen LogP contribution in [0, 0.1) is 5.82 Å². The second-order valence-corrected chi connectivity index (χ2v) is 3.07. The van der Waals surface area contributed by atoms with E-state index >= 15 is 0 Å². The molecular formula is C9H6ClFN2. The summed E-state index contributed by atoms with van der Waals surface area (Å²) >= 11 is 5.87. The quantitative estimate of drug-likeness (QED) is 0.704. The summed E-state index contributed by atoms with van der Waals surface area (Å²) in [5.41, 5.74) is 6.52. The average Bonchev–Trinajstić information content (AvgIpc) is 2.12. The van der Waals surface area contributed by atoms with Crippen molar-refractivity contribution in [3.8, 4) is 0 Å². The number of halogens is 2. The fraction of sp³-hybridized carbons (Fsp3) is 0. The average molecular weight is 197 g/mol. The molecule has 0 atom stereocenters. The Morgan fingerprint density at radius 2 is 2.15 bits per heavy atom. The summed E-state index contributed by atoms with van der Waals surface area (Å²) < 4.78 is 12.8. The number of anilines is 1. The van der Waals surface area contributed by atoms with Gasteiger partial charge >= 0.3 is 0 Å². The molecule has 4 heteroatoms. The Morgan fingerprint density at radius 1 is 1.38 bits per heavy atom. The van der Waals surface area contributed by atoms with E-state index in [1.54, 1.807) is 6.07 Å². The van der Waals surface area contributed by atoms with Crippen molar-refractivity contribution in [3.05, 3.63) is 35.2 Å². The van der Waals surface area contributed by atoms with Crippen LogP contribution in [-0.2, 0) is 0 Å². The number of hydrogen-bond acceptors (Lipinski definition) is 2. The Balaban J connectivity index is 2.89.